The zero-order valence-corrected chi connectivity index (χ0v) is 14.0. The van der Waals surface area contributed by atoms with E-state index >= 15 is 0 Å². The Kier molecular flexibility index (Phi) is 5.97. The Morgan fingerprint density at radius 2 is 2.14 bits per heavy atom. The van der Waals surface area contributed by atoms with E-state index in [1.54, 1.807) is 11.8 Å². The van der Waals surface area contributed by atoms with E-state index in [4.69, 9.17) is 11.1 Å². The van der Waals surface area contributed by atoms with E-state index in [2.05, 4.69) is 36.9 Å². The lowest BCUT2D eigenvalue weighted by Gasteiger charge is -2.33. The first kappa shape index (κ1) is 16.2. The standard InChI is InChI=1S/C17H27N3S/c1-3-13-9-6-5-7-12-20(13)14-10-8-11-15(21-4-2)16(14)17(18)19/h8,10-11,13H,3-7,9,12H2,1-2H3,(H3,18,19). The normalized spacial score (nSPS) is 19.3. The van der Waals surface area contributed by atoms with Crippen molar-refractivity contribution < 1.29 is 0 Å². The van der Waals surface area contributed by atoms with E-state index in [1.807, 2.05) is 0 Å². The molecule has 1 aromatic carbocycles. The zero-order chi connectivity index (χ0) is 15.2. The molecule has 116 valence electrons. The highest BCUT2D eigenvalue weighted by molar-refractivity contribution is 7.99. The van der Waals surface area contributed by atoms with Crippen LogP contribution in [0.25, 0.3) is 0 Å². The van der Waals surface area contributed by atoms with Crippen LogP contribution in [0.3, 0.4) is 0 Å². The van der Waals surface area contributed by atoms with Gasteiger partial charge in [0.15, 0.2) is 0 Å². The number of hydrogen-bond donors (Lipinski definition) is 2. The van der Waals surface area contributed by atoms with Crippen LogP contribution >= 0.6 is 11.8 Å². The maximum atomic E-state index is 8.03. The van der Waals surface area contributed by atoms with Crippen LogP contribution < -0.4 is 10.6 Å². The summed E-state index contributed by atoms with van der Waals surface area (Å²) in [6, 6.07) is 6.92. The first-order valence-electron chi connectivity index (χ1n) is 8.05. The number of nitrogen functional groups attached to an aromatic ring is 1. The van der Waals surface area contributed by atoms with Crippen LogP contribution in [0.1, 0.15) is 51.5 Å². The molecule has 0 radical (unpaired) electrons. The van der Waals surface area contributed by atoms with Gasteiger partial charge < -0.3 is 10.6 Å². The molecule has 1 aliphatic rings. The monoisotopic (exact) mass is 305 g/mol. The fraction of sp³-hybridized carbons (Fsp3) is 0.588. The molecule has 4 heteroatoms. The lowest BCUT2D eigenvalue weighted by atomic mass is 10.0. The van der Waals surface area contributed by atoms with E-state index in [-0.39, 0.29) is 5.84 Å². The van der Waals surface area contributed by atoms with Gasteiger partial charge in [0, 0.05) is 23.2 Å². The topological polar surface area (TPSA) is 53.1 Å². The van der Waals surface area contributed by atoms with E-state index in [9.17, 15) is 0 Å². The van der Waals surface area contributed by atoms with Gasteiger partial charge in [0.1, 0.15) is 5.84 Å². The SMILES string of the molecule is CCSc1cccc(N2CCCCCC2CC)c1C(=N)N. The number of benzene rings is 1. The Labute approximate surface area is 132 Å². The van der Waals surface area contributed by atoms with Crippen molar-refractivity contribution in [1.29, 1.82) is 5.41 Å². The molecule has 1 aromatic rings. The van der Waals surface area contributed by atoms with Gasteiger partial charge >= 0.3 is 0 Å². The summed E-state index contributed by atoms with van der Waals surface area (Å²) >= 11 is 1.77. The van der Waals surface area contributed by atoms with Crippen LogP contribution in [0.2, 0.25) is 0 Å². The number of rotatable bonds is 5. The molecular formula is C17H27N3S. The largest absolute Gasteiger partial charge is 0.384 e. The molecule has 1 saturated heterocycles. The molecule has 0 aromatic heterocycles. The quantitative estimate of drug-likeness (QED) is 0.486. The van der Waals surface area contributed by atoms with Crippen LogP contribution in [0.5, 0.6) is 0 Å². The molecule has 1 atom stereocenters. The summed E-state index contributed by atoms with van der Waals surface area (Å²) in [4.78, 5) is 3.64. The summed E-state index contributed by atoms with van der Waals surface area (Å²) < 4.78 is 0. The second-order valence-electron chi connectivity index (χ2n) is 5.60. The van der Waals surface area contributed by atoms with Gasteiger partial charge in [-0.2, -0.15) is 0 Å². The van der Waals surface area contributed by atoms with Gasteiger partial charge in [0.25, 0.3) is 0 Å². The minimum atomic E-state index is 0.195. The number of nitrogens with two attached hydrogens (primary N) is 1. The number of amidine groups is 1. The van der Waals surface area contributed by atoms with Crippen molar-refractivity contribution in [3.8, 4) is 0 Å². The highest BCUT2D eigenvalue weighted by atomic mass is 32.2. The highest BCUT2D eigenvalue weighted by Crippen LogP contribution is 2.34. The molecule has 0 aliphatic carbocycles. The first-order valence-corrected chi connectivity index (χ1v) is 9.04. The summed E-state index contributed by atoms with van der Waals surface area (Å²) in [6.45, 7) is 5.49. The maximum absolute atomic E-state index is 8.03. The van der Waals surface area contributed by atoms with Crippen molar-refractivity contribution in [2.24, 2.45) is 5.73 Å². The van der Waals surface area contributed by atoms with Crippen molar-refractivity contribution in [2.45, 2.75) is 56.9 Å². The predicted molar refractivity (Wildman–Crippen MR) is 93.7 cm³/mol. The Morgan fingerprint density at radius 3 is 2.81 bits per heavy atom. The van der Waals surface area contributed by atoms with Crippen LogP contribution in [0.15, 0.2) is 23.1 Å². The van der Waals surface area contributed by atoms with Gasteiger partial charge in [-0.3, -0.25) is 5.41 Å². The average molecular weight is 305 g/mol. The van der Waals surface area contributed by atoms with Crippen LogP contribution in [0, 0.1) is 5.41 Å². The van der Waals surface area contributed by atoms with Gasteiger partial charge in [-0.15, -0.1) is 11.8 Å². The number of thioether (sulfide) groups is 1. The second-order valence-corrected chi connectivity index (χ2v) is 6.91. The molecule has 3 nitrogen and oxygen atoms in total. The third kappa shape index (κ3) is 3.73. The lowest BCUT2D eigenvalue weighted by molar-refractivity contribution is 0.556. The molecule has 0 amide bonds. The Morgan fingerprint density at radius 1 is 1.33 bits per heavy atom. The first-order chi connectivity index (χ1) is 10.2. The zero-order valence-electron chi connectivity index (χ0n) is 13.2. The molecule has 1 heterocycles. The van der Waals surface area contributed by atoms with Crippen LogP contribution in [-0.2, 0) is 0 Å². The highest BCUT2D eigenvalue weighted by Gasteiger charge is 2.23. The van der Waals surface area contributed by atoms with Crippen molar-refractivity contribution in [3.63, 3.8) is 0 Å². The average Bonchev–Trinajstić information content (AvgIpc) is 2.72. The van der Waals surface area contributed by atoms with Gasteiger partial charge in [-0.25, -0.2) is 0 Å². The predicted octanol–water partition coefficient (Wildman–Crippen LogP) is 4.24. The van der Waals surface area contributed by atoms with Gasteiger partial charge in [0.2, 0.25) is 0 Å². The number of anilines is 1. The Bertz CT molecular complexity index is 487. The minimum absolute atomic E-state index is 0.195. The Balaban J connectivity index is 2.45. The molecule has 1 fully saturated rings. The second kappa shape index (κ2) is 7.74. The van der Waals surface area contributed by atoms with Crippen LogP contribution in [-0.4, -0.2) is 24.2 Å². The maximum Gasteiger partial charge on any atom is 0.126 e. The molecule has 1 unspecified atom stereocenters. The molecular weight excluding hydrogens is 278 g/mol. The van der Waals surface area contributed by atoms with Crippen LogP contribution in [0.4, 0.5) is 5.69 Å². The molecule has 0 saturated carbocycles. The summed E-state index contributed by atoms with van der Waals surface area (Å²) in [5.41, 5.74) is 8.02. The number of nitrogens with one attached hydrogen (secondary N) is 1. The third-order valence-electron chi connectivity index (χ3n) is 4.23. The van der Waals surface area contributed by atoms with Gasteiger partial charge in [0.05, 0.1) is 5.56 Å². The molecule has 2 rings (SSSR count). The summed E-state index contributed by atoms with van der Waals surface area (Å²) in [5.74, 6) is 1.20. The molecule has 0 bridgehead atoms. The summed E-state index contributed by atoms with van der Waals surface area (Å²) in [7, 11) is 0. The smallest absolute Gasteiger partial charge is 0.126 e. The van der Waals surface area contributed by atoms with E-state index in [0.717, 1.165) is 34.9 Å². The Hall–Kier alpha value is -1.16. The van der Waals surface area contributed by atoms with Crippen molar-refractivity contribution in [2.75, 3.05) is 17.2 Å². The summed E-state index contributed by atoms with van der Waals surface area (Å²) in [5, 5.41) is 8.03. The molecule has 0 spiro atoms. The van der Waals surface area contributed by atoms with Gasteiger partial charge in [-0.05, 0) is 37.1 Å². The fourth-order valence-electron chi connectivity index (χ4n) is 3.22. The molecule has 3 N–H and O–H groups in total. The third-order valence-corrected chi connectivity index (χ3v) is 5.17. The fourth-order valence-corrected chi connectivity index (χ4v) is 4.07. The van der Waals surface area contributed by atoms with E-state index < -0.39 is 0 Å². The van der Waals surface area contributed by atoms with Crippen molar-refractivity contribution in [3.05, 3.63) is 23.8 Å². The number of hydrogen-bond acceptors (Lipinski definition) is 3. The van der Waals surface area contributed by atoms with E-state index in [0.29, 0.717) is 6.04 Å². The van der Waals surface area contributed by atoms with Gasteiger partial charge in [-0.1, -0.05) is 32.8 Å². The van der Waals surface area contributed by atoms with Crippen molar-refractivity contribution >= 4 is 23.3 Å². The minimum Gasteiger partial charge on any atom is -0.384 e. The number of nitrogens with zero attached hydrogens (tertiary/aromatic N) is 1. The lowest BCUT2D eigenvalue weighted by Crippen LogP contribution is -2.36. The summed E-state index contributed by atoms with van der Waals surface area (Å²) in [6.07, 6.45) is 6.26. The molecule has 1 aliphatic heterocycles. The molecule has 21 heavy (non-hydrogen) atoms. The van der Waals surface area contributed by atoms with Crippen molar-refractivity contribution in [1.82, 2.24) is 0 Å². The van der Waals surface area contributed by atoms with E-state index in [1.165, 1.54) is 25.7 Å².